The molecule has 3 rings (SSSR count). The monoisotopic (exact) mass is 437 g/mol. The summed E-state index contributed by atoms with van der Waals surface area (Å²) in [6.45, 7) is 8.73. The van der Waals surface area contributed by atoms with Crippen LogP contribution in [-0.4, -0.2) is 25.1 Å². The van der Waals surface area contributed by atoms with Crippen LogP contribution in [0.25, 0.3) is 11.1 Å². The van der Waals surface area contributed by atoms with Gasteiger partial charge in [0.25, 0.3) is 5.91 Å². The van der Waals surface area contributed by atoms with Gasteiger partial charge in [-0.2, -0.15) is 0 Å². The van der Waals surface area contributed by atoms with Crippen molar-refractivity contribution in [2.24, 2.45) is 0 Å². The summed E-state index contributed by atoms with van der Waals surface area (Å²) in [6.07, 6.45) is 0. The number of rotatable bonds is 8. The van der Waals surface area contributed by atoms with Crippen LogP contribution in [0.2, 0.25) is 0 Å². The number of thiophene rings is 1. The summed E-state index contributed by atoms with van der Waals surface area (Å²) in [5.74, 6) is 0.429. The van der Waals surface area contributed by atoms with Gasteiger partial charge in [-0.1, -0.05) is 38.1 Å². The molecule has 162 valence electrons. The van der Waals surface area contributed by atoms with E-state index in [9.17, 15) is 9.59 Å². The van der Waals surface area contributed by atoms with Gasteiger partial charge in [0.05, 0.1) is 13.2 Å². The Morgan fingerprint density at radius 3 is 2.23 bits per heavy atom. The van der Waals surface area contributed by atoms with Gasteiger partial charge in [0.1, 0.15) is 16.3 Å². The maximum absolute atomic E-state index is 12.8. The SMILES string of the molecule is CCOC(=O)c1c(-c2ccc(OCC)cc2)csc1NC(=O)c1ccc(C(C)C)cc1. The average Bonchev–Trinajstić information content (AvgIpc) is 3.18. The Morgan fingerprint density at radius 2 is 1.65 bits per heavy atom. The van der Waals surface area contributed by atoms with Crippen LogP contribution in [0.15, 0.2) is 53.9 Å². The maximum atomic E-state index is 12.8. The molecule has 0 spiro atoms. The van der Waals surface area contributed by atoms with Gasteiger partial charge >= 0.3 is 5.97 Å². The van der Waals surface area contributed by atoms with Crippen molar-refractivity contribution in [1.29, 1.82) is 0 Å². The van der Waals surface area contributed by atoms with E-state index in [0.717, 1.165) is 22.4 Å². The van der Waals surface area contributed by atoms with E-state index < -0.39 is 5.97 Å². The molecule has 1 heterocycles. The Kier molecular flexibility index (Phi) is 7.47. The van der Waals surface area contributed by atoms with Crippen molar-refractivity contribution in [3.05, 3.63) is 70.6 Å². The standard InChI is InChI=1S/C25H27NO4S/c1-5-29-20-13-11-18(12-14-20)21-15-31-24(22(21)25(28)30-6-2)26-23(27)19-9-7-17(8-10-19)16(3)4/h7-16H,5-6H2,1-4H3,(H,26,27). The topological polar surface area (TPSA) is 64.6 Å². The molecule has 0 aliphatic carbocycles. The Labute approximate surface area is 187 Å². The van der Waals surface area contributed by atoms with E-state index in [1.165, 1.54) is 11.3 Å². The molecule has 6 heteroatoms. The predicted molar refractivity (Wildman–Crippen MR) is 125 cm³/mol. The highest BCUT2D eigenvalue weighted by molar-refractivity contribution is 7.15. The molecule has 31 heavy (non-hydrogen) atoms. The Bertz CT molecular complexity index is 1040. The fourth-order valence-electron chi connectivity index (χ4n) is 3.16. The van der Waals surface area contributed by atoms with Crippen molar-refractivity contribution in [3.63, 3.8) is 0 Å². The van der Waals surface area contributed by atoms with Crippen LogP contribution in [0.1, 0.15) is 59.9 Å². The predicted octanol–water partition coefficient (Wildman–Crippen LogP) is 6.37. The van der Waals surface area contributed by atoms with E-state index in [0.29, 0.717) is 28.7 Å². The van der Waals surface area contributed by atoms with E-state index in [-0.39, 0.29) is 12.5 Å². The van der Waals surface area contributed by atoms with Gasteiger partial charge in [0, 0.05) is 16.5 Å². The maximum Gasteiger partial charge on any atom is 0.341 e. The largest absolute Gasteiger partial charge is 0.494 e. The number of carbonyl (C=O) groups excluding carboxylic acids is 2. The summed E-state index contributed by atoms with van der Waals surface area (Å²) in [5.41, 5.74) is 3.64. The normalized spacial score (nSPS) is 10.7. The number of hydrogen-bond acceptors (Lipinski definition) is 5. The van der Waals surface area contributed by atoms with Crippen LogP contribution in [0.4, 0.5) is 5.00 Å². The summed E-state index contributed by atoms with van der Waals surface area (Å²) in [4.78, 5) is 25.6. The minimum absolute atomic E-state index is 0.251. The van der Waals surface area contributed by atoms with Gasteiger partial charge in [-0.05, 0) is 55.2 Å². The highest BCUT2D eigenvalue weighted by Crippen LogP contribution is 2.37. The van der Waals surface area contributed by atoms with Crippen molar-refractivity contribution in [2.75, 3.05) is 18.5 Å². The highest BCUT2D eigenvalue weighted by atomic mass is 32.1. The Balaban J connectivity index is 1.91. The first-order valence-corrected chi connectivity index (χ1v) is 11.3. The third-order valence-corrected chi connectivity index (χ3v) is 5.71. The smallest absolute Gasteiger partial charge is 0.341 e. The molecule has 5 nitrogen and oxygen atoms in total. The van der Waals surface area contributed by atoms with Gasteiger partial charge in [-0.3, -0.25) is 4.79 Å². The molecule has 0 radical (unpaired) electrons. The second-order valence-electron chi connectivity index (χ2n) is 7.26. The molecule has 2 aromatic carbocycles. The summed E-state index contributed by atoms with van der Waals surface area (Å²) in [5, 5.41) is 5.22. The minimum atomic E-state index is -0.460. The molecule has 0 bridgehead atoms. The lowest BCUT2D eigenvalue weighted by Gasteiger charge is -2.10. The van der Waals surface area contributed by atoms with Crippen molar-refractivity contribution in [1.82, 2.24) is 0 Å². The zero-order valence-corrected chi connectivity index (χ0v) is 19.0. The summed E-state index contributed by atoms with van der Waals surface area (Å²) >= 11 is 1.31. The molecular formula is C25H27NO4S. The highest BCUT2D eigenvalue weighted by Gasteiger charge is 2.23. The number of esters is 1. The first-order chi connectivity index (χ1) is 14.9. The molecule has 0 saturated carbocycles. The molecule has 0 fully saturated rings. The van der Waals surface area contributed by atoms with Crippen LogP contribution in [-0.2, 0) is 4.74 Å². The zero-order chi connectivity index (χ0) is 22.4. The molecule has 1 aromatic heterocycles. The van der Waals surface area contributed by atoms with Crippen molar-refractivity contribution in [2.45, 2.75) is 33.6 Å². The molecule has 0 aliphatic rings. The molecule has 0 saturated heterocycles. The molecule has 3 aromatic rings. The van der Waals surface area contributed by atoms with Crippen LogP contribution >= 0.6 is 11.3 Å². The van der Waals surface area contributed by atoms with Gasteiger partial charge < -0.3 is 14.8 Å². The molecule has 0 atom stereocenters. The number of ether oxygens (including phenoxy) is 2. The summed E-state index contributed by atoms with van der Waals surface area (Å²) in [7, 11) is 0. The molecule has 0 unspecified atom stereocenters. The van der Waals surface area contributed by atoms with Gasteiger partial charge in [-0.25, -0.2) is 4.79 Å². The number of nitrogens with one attached hydrogen (secondary N) is 1. The summed E-state index contributed by atoms with van der Waals surface area (Å²) < 4.78 is 10.8. The third-order valence-electron chi connectivity index (χ3n) is 4.81. The number of anilines is 1. The average molecular weight is 438 g/mol. The Hall–Kier alpha value is -3.12. The number of benzene rings is 2. The van der Waals surface area contributed by atoms with E-state index >= 15 is 0 Å². The van der Waals surface area contributed by atoms with Crippen LogP contribution in [0, 0.1) is 0 Å². The Morgan fingerprint density at radius 1 is 0.968 bits per heavy atom. The molecular weight excluding hydrogens is 410 g/mol. The van der Waals surface area contributed by atoms with E-state index in [1.807, 2.05) is 48.7 Å². The lowest BCUT2D eigenvalue weighted by molar-refractivity contribution is 0.0529. The van der Waals surface area contributed by atoms with Crippen molar-refractivity contribution >= 4 is 28.2 Å². The zero-order valence-electron chi connectivity index (χ0n) is 18.2. The fraction of sp³-hybridized carbons (Fsp3) is 0.280. The van der Waals surface area contributed by atoms with E-state index in [4.69, 9.17) is 9.47 Å². The number of amides is 1. The van der Waals surface area contributed by atoms with Crippen LogP contribution in [0.5, 0.6) is 5.75 Å². The lowest BCUT2D eigenvalue weighted by Crippen LogP contribution is -2.15. The quantitative estimate of drug-likeness (QED) is 0.416. The molecule has 1 N–H and O–H groups in total. The van der Waals surface area contributed by atoms with Gasteiger partial charge in [0.15, 0.2) is 0 Å². The first kappa shape index (κ1) is 22.6. The number of carbonyl (C=O) groups is 2. The number of hydrogen-bond donors (Lipinski definition) is 1. The third kappa shape index (κ3) is 5.33. The lowest BCUT2D eigenvalue weighted by atomic mass is 10.0. The second kappa shape index (κ2) is 10.3. The van der Waals surface area contributed by atoms with Crippen molar-refractivity contribution in [3.8, 4) is 16.9 Å². The fourth-order valence-corrected chi connectivity index (χ4v) is 4.11. The van der Waals surface area contributed by atoms with Crippen LogP contribution < -0.4 is 10.1 Å². The minimum Gasteiger partial charge on any atom is -0.494 e. The first-order valence-electron chi connectivity index (χ1n) is 10.4. The molecule has 0 aliphatic heterocycles. The van der Waals surface area contributed by atoms with Crippen LogP contribution in [0.3, 0.4) is 0 Å². The van der Waals surface area contributed by atoms with E-state index in [2.05, 4.69) is 19.2 Å². The van der Waals surface area contributed by atoms with E-state index in [1.54, 1.807) is 19.1 Å². The van der Waals surface area contributed by atoms with Crippen molar-refractivity contribution < 1.29 is 19.1 Å². The van der Waals surface area contributed by atoms with Gasteiger partial charge in [-0.15, -0.1) is 11.3 Å². The van der Waals surface area contributed by atoms with Gasteiger partial charge in [0.2, 0.25) is 0 Å². The molecule has 1 amide bonds. The summed E-state index contributed by atoms with van der Waals surface area (Å²) in [6, 6.07) is 15.0. The second-order valence-corrected chi connectivity index (χ2v) is 8.14.